The third-order valence-corrected chi connectivity index (χ3v) is 6.16. The number of anilines is 1. The summed E-state index contributed by atoms with van der Waals surface area (Å²) in [5, 5.41) is 0. The quantitative estimate of drug-likeness (QED) is 0.853. The standard InChI is InChI=1S/C17H18F2N2O2S/c1-13-5-2-3-8-16(13)20-9-11-21(12-10-20)24(22,23)17-14(18)6-4-7-15(17)19/h2-8H,9-12H2,1H3. The molecule has 4 nitrogen and oxygen atoms in total. The second-order valence-electron chi connectivity index (χ2n) is 5.73. The van der Waals surface area contributed by atoms with E-state index in [9.17, 15) is 17.2 Å². The van der Waals surface area contributed by atoms with Gasteiger partial charge in [-0.3, -0.25) is 0 Å². The van der Waals surface area contributed by atoms with Crippen molar-refractivity contribution in [2.75, 3.05) is 31.1 Å². The fourth-order valence-corrected chi connectivity index (χ4v) is 4.48. The third kappa shape index (κ3) is 3.01. The van der Waals surface area contributed by atoms with Gasteiger partial charge in [0.05, 0.1) is 0 Å². The molecule has 2 aromatic carbocycles. The molecule has 3 rings (SSSR count). The number of piperazine rings is 1. The maximum atomic E-state index is 13.8. The summed E-state index contributed by atoms with van der Waals surface area (Å²) < 4.78 is 54.0. The van der Waals surface area contributed by atoms with Gasteiger partial charge in [-0.1, -0.05) is 24.3 Å². The van der Waals surface area contributed by atoms with Gasteiger partial charge >= 0.3 is 0 Å². The predicted molar refractivity (Wildman–Crippen MR) is 88.5 cm³/mol. The topological polar surface area (TPSA) is 40.6 Å². The summed E-state index contributed by atoms with van der Waals surface area (Å²) in [7, 11) is -4.18. The zero-order valence-corrected chi connectivity index (χ0v) is 14.1. The van der Waals surface area contributed by atoms with Crippen LogP contribution in [0.4, 0.5) is 14.5 Å². The van der Waals surface area contributed by atoms with Gasteiger partial charge in [-0.05, 0) is 30.7 Å². The van der Waals surface area contributed by atoms with Crippen LogP contribution in [0.2, 0.25) is 0 Å². The molecule has 0 atom stereocenters. The first-order valence-electron chi connectivity index (χ1n) is 7.66. The zero-order valence-electron chi connectivity index (χ0n) is 13.2. The van der Waals surface area contributed by atoms with Crippen LogP contribution in [-0.2, 0) is 10.0 Å². The minimum absolute atomic E-state index is 0.185. The molecule has 1 aliphatic rings. The van der Waals surface area contributed by atoms with Crippen molar-refractivity contribution in [1.29, 1.82) is 0 Å². The Morgan fingerprint density at radius 2 is 1.46 bits per heavy atom. The molecular weight excluding hydrogens is 334 g/mol. The fourth-order valence-electron chi connectivity index (χ4n) is 2.95. The number of sulfonamides is 1. The van der Waals surface area contributed by atoms with Gasteiger partial charge in [0.2, 0.25) is 10.0 Å². The minimum Gasteiger partial charge on any atom is -0.369 e. The van der Waals surface area contributed by atoms with Gasteiger partial charge in [-0.15, -0.1) is 0 Å². The highest BCUT2D eigenvalue weighted by Crippen LogP contribution is 2.26. The number of halogens is 2. The van der Waals surface area contributed by atoms with Crippen molar-refractivity contribution in [3.8, 4) is 0 Å². The Morgan fingerprint density at radius 1 is 0.875 bits per heavy atom. The second kappa shape index (κ2) is 6.49. The van der Waals surface area contributed by atoms with E-state index >= 15 is 0 Å². The molecule has 0 bridgehead atoms. The highest BCUT2D eigenvalue weighted by Gasteiger charge is 2.33. The molecular formula is C17H18F2N2O2S. The monoisotopic (exact) mass is 352 g/mol. The first-order valence-corrected chi connectivity index (χ1v) is 9.10. The van der Waals surface area contributed by atoms with Gasteiger partial charge in [0.1, 0.15) is 11.6 Å². The first kappa shape index (κ1) is 16.9. The largest absolute Gasteiger partial charge is 0.369 e. The lowest BCUT2D eigenvalue weighted by atomic mass is 10.1. The maximum absolute atomic E-state index is 13.8. The number of benzene rings is 2. The number of nitrogens with zero attached hydrogens (tertiary/aromatic N) is 2. The number of para-hydroxylation sites is 1. The lowest BCUT2D eigenvalue weighted by molar-refractivity contribution is 0.378. The molecule has 0 amide bonds. The Labute approximate surface area is 140 Å². The van der Waals surface area contributed by atoms with E-state index in [1.807, 2.05) is 31.2 Å². The average molecular weight is 352 g/mol. The van der Waals surface area contributed by atoms with Crippen LogP contribution in [0.15, 0.2) is 47.4 Å². The van der Waals surface area contributed by atoms with Gasteiger partial charge in [-0.2, -0.15) is 4.31 Å². The molecule has 0 radical (unpaired) electrons. The molecule has 1 saturated heterocycles. The molecule has 0 saturated carbocycles. The zero-order chi connectivity index (χ0) is 17.3. The van der Waals surface area contributed by atoms with Gasteiger partial charge in [-0.25, -0.2) is 17.2 Å². The SMILES string of the molecule is Cc1ccccc1N1CCN(S(=O)(=O)c2c(F)cccc2F)CC1. The van der Waals surface area contributed by atoms with E-state index in [1.54, 1.807) is 0 Å². The highest BCUT2D eigenvalue weighted by atomic mass is 32.2. The normalized spacial score (nSPS) is 16.4. The predicted octanol–water partition coefficient (Wildman–Crippen LogP) is 2.78. The fraction of sp³-hybridized carbons (Fsp3) is 0.294. The molecule has 1 aliphatic heterocycles. The molecule has 0 spiro atoms. The number of aryl methyl sites for hydroxylation is 1. The molecule has 1 fully saturated rings. The summed E-state index contributed by atoms with van der Waals surface area (Å²) in [5.74, 6) is -2.12. The summed E-state index contributed by atoms with van der Waals surface area (Å²) in [4.78, 5) is 1.22. The highest BCUT2D eigenvalue weighted by molar-refractivity contribution is 7.89. The molecule has 0 N–H and O–H groups in total. The Hall–Kier alpha value is -1.99. The van der Waals surface area contributed by atoms with Crippen molar-refractivity contribution in [3.63, 3.8) is 0 Å². The number of hydrogen-bond donors (Lipinski definition) is 0. The van der Waals surface area contributed by atoms with Gasteiger partial charge in [0, 0.05) is 31.9 Å². The summed E-state index contributed by atoms with van der Waals surface area (Å²) in [6.45, 7) is 3.31. The van der Waals surface area contributed by atoms with Crippen LogP contribution in [0.1, 0.15) is 5.56 Å². The molecule has 24 heavy (non-hydrogen) atoms. The molecule has 1 heterocycles. The van der Waals surface area contributed by atoms with Gasteiger partial charge in [0.15, 0.2) is 4.90 Å². The Kier molecular flexibility index (Phi) is 4.56. The first-order chi connectivity index (χ1) is 11.4. The Morgan fingerprint density at radius 3 is 2.04 bits per heavy atom. The van der Waals surface area contributed by atoms with Crippen LogP contribution in [0.5, 0.6) is 0 Å². The maximum Gasteiger partial charge on any atom is 0.249 e. The minimum atomic E-state index is -4.18. The van der Waals surface area contributed by atoms with E-state index < -0.39 is 26.6 Å². The van der Waals surface area contributed by atoms with Crippen LogP contribution in [0.3, 0.4) is 0 Å². The van der Waals surface area contributed by atoms with Crippen molar-refractivity contribution < 1.29 is 17.2 Å². The number of hydrogen-bond acceptors (Lipinski definition) is 3. The molecule has 0 aliphatic carbocycles. The van der Waals surface area contributed by atoms with E-state index in [2.05, 4.69) is 4.90 Å². The van der Waals surface area contributed by atoms with E-state index in [0.717, 1.165) is 33.8 Å². The van der Waals surface area contributed by atoms with Crippen LogP contribution in [0.25, 0.3) is 0 Å². The average Bonchev–Trinajstić information content (AvgIpc) is 2.55. The van der Waals surface area contributed by atoms with Crippen LogP contribution >= 0.6 is 0 Å². The van der Waals surface area contributed by atoms with Crippen LogP contribution in [-0.4, -0.2) is 38.9 Å². The smallest absolute Gasteiger partial charge is 0.249 e. The molecule has 7 heteroatoms. The van der Waals surface area contributed by atoms with Gasteiger partial charge < -0.3 is 4.90 Å². The van der Waals surface area contributed by atoms with E-state index in [0.29, 0.717) is 13.1 Å². The van der Waals surface area contributed by atoms with E-state index in [-0.39, 0.29) is 13.1 Å². The van der Waals surface area contributed by atoms with Crippen molar-refractivity contribution in [2.45, 2.75) is 11.8 Å². The van der Waals surface area contributed by atoms with E-state index in [1.165, 1.54) is 0 Å². The molecule has 0 aromatic heterocycles. The Balaban J connectivity index is 1.81. The lowest BCUT2D eigenvalue weighted by Gasteiger charge is -2.36. The van der Waals surface area contributed by atoms with Crippen molar-refractivity contribution >= 4 is 15.7 Å². The van der Waals surface area contributed by atoms with Crippen molar-refractivity contribution in [1.82, 2.24) is 4.31 Å². The number of rotatable bonds is 3. The van der Waals surface area contributed by atoms with Gasteiger partial charge in [0.25, 0.3) is 0 Å². The van der Waals surface area contributed by atoms with E-state index in [4.69, 9.17) is 0 Å². The molecule has 0 unspecified atom stereocenters. The Bertz CT molecular complexity index is 827. The third-order valence-electron chi connectivity index (χ3n) is 4.21. The van der Waals surface area contributed by atoms with Crippen LogP contribution < -0.4 is 4.90 Å². The van der Waals surface area contributed by atoms with Crippen LogP contribution in [0, 0.1) is 18.6 Å². The molecule has 2 aromatic rings. The van der Waals surface area contributed by atoms with Crippen molar-refractivity contribution in [3.05, 3.63) is 59.7 Å². The van der Waals surface area contributed by atoms with Crippen molar-refractivity contribution in [2.24, 2.45) is 0 Å². The summed E-state index contributed by atoms with van der Waals surface area (Å²) >= 11 is 0. The second-order valence-corrected chi connectivity index (χ2v) is 7.60. The molecule has 128 valence electrons. The summed E-state index contributed by atoms with van der Waals surface area (Å²) in [6, 6.07) is 10.9. The summed E-state index contributed by atoms with van der Waals surface area (Å²) in [6.07, 6.45) is 0. The lowest BCUT2D eigenvalue weighted by Crippen LogP contribution is -2.49. The summed E-state index contributed by atoms with van der Waals surface area (Å²) in [5.41, 5.74) is 2.15.